The molecule has 1 aromatic heterocycles. The molecule has 5 rings (SSSR count). The third kappa shape index (κ3) is 5.05. The summed E-state index contributed by atoms with van der Waals surface area (Å²) in [6.07, 6.45) is 0. The maximum atomic E-state index is 11.4. The first-order valence-corrected chi connectivity index (χ1v) is 13.4. The average molecular weight is 550 g/mol. The number of nitrogens with one attached hydrogen (secondary N) is 1. The van der Waals surface area contributed by atoms with Crippen molar-refractivity contribution in [2.45, 2.75) is 11.4 Å². The van der Waals surface area contributed by atoms with Gasteiger partial charge in [-0.2, -0.15) is 0 Å². The third-order valence-corrected chi connectivity index (χ3v) is 7.28. The molecule has 4 aromatic carbocycles. The summed E-state index contributed by atoms with van der Waals surface area (Å²) in [6, 6.07) is 25.1. The standard InChI is InChI=1S/C26H20ClN5O3S2/c27-22-10-4-9-21-23(30-31-26(36)29-18-11-13-19(14-12-18)37(28,34)35)25(33)32(24(21)22)15-17-7-3-6-16-5-1-2-8-20(16)17/h1-14,33H,15H2,(H,29,36)(H2,28,34,35). The fourth-order valence-electron chi connectivity index (χ4n) is 4.16. The molecule has 11 heteroatoms. The number of primary sulfonamides is 1. The van der Waals surface area contributed by atoms with Crippen molar-refractivity contribution in [1.82, 2.24) is 4.57 Å². The minimum Gasteiger partial charge on any atom is -0.493 e. The van der Waals surface area contributed by atoms with E-state index in [1.165, 1.54) is 24.3 Å². The molecule has 8 nitrogen and oxygen atoms in total. The number of rotatable bonds is 5. The van der Waals surface area contributed by atoms with E-state index in [0.29, 0.717) is 28.2 Å². The second kappa shape index (κ2) is 9.91. The number of fused-ring (bicyclic) bond motifs is 2. The number of anilines is 1. The van der Waals surface area contributed by atoms with Gasteiger partial charge in [-0.1, -0.05) is 66.2 Å². The van der Waals surface area contributed by atoms with Crippen molar-refractivity contribution in [2.24, 2.45) is 15.4 Å². The molecule has 186 valence electrons. The Balaban J connectivity index is 1.48. The molecule has 0 fully saturated rings. The van der Waals surface area contributed by atoms with Crippen molar-refractivity contribution < 1.29 is 13.5 Å². The first-order chi connectivity index (χ1) is 17.7. The van der Waals surface area contributed by atoms with Gasteiger partial charge in [0.1, 0.15) is 0 Å². The molecule has 0 bridgehead atoms. The van der Waals surface area contributed by atoms with Crippen LogP contribution in [0.5, 0.6) is 5.88 Å². The van der Waals surface area contributed by atoms with Gasteiger partial charge in [0.05, 0.1) is 22.0 Å². The SMILES string of the molecule is NS(=O)(=O)c1ccc(NC(=S)N=Nc2c(O)n(Cc3cccc4ccccc34)c3c(Cl)cccc23)cc1. The summed E-state index contributed by atoms with van der Waals surface area (Å²) in [5, 5.41) is 30.7. The third-order valence-electron chi connectivity index (χ3n) is 5.86. The van der Waals surface area contributed by atoms with Crippen LogP contribution >= 0.6 is 23.8 Å². The Morgan fingerprint density at radius 3 is 2.41 bits per heavy atom. The first-order valence-electron chi connectivity index (χ1n) is 11.0. The van der Waals surface area contributed by atoms with Gasteiger partial charge in [-0.15, -0.1) is 10.2 Å². The quantitative estimate of drug-likeness (QED) is 0.175. The van der Waals surface area contributed by atoms with Gasteiger partial charge >= 0.3 is 0 Å². The normalized spacial score (nSPS) is 11.9. The molecule has 0 aliphatic heterocycles. The number of halogens is 1. The topological polar surface area (TPSA) is 122 Å². The van der Waals surface area contributed by atoms with Gasteiger partial charge in [0, 0.05) is 11.1 Å². The van der Waals surface area contributed by atoms with Gasteiger partial charge in [-0.05, 0) is 58.9 Å². The van der Waals surface area contributed by atoms with Crippen molar-refractivity contribution in [1.29, 1.82) is 0 Å². The Labute approximate surface area is 223 Å². The minimum absolute atomic E-state index is 0.0136. The van der Waals surface area contributed by atoms with E-state index < -0.39 is 10.0 Å². The van der Waals surface area contributed by atoms with E-state index in [1.807, 2.05) is 42.5 Å². The Bertz CT molecular complexity index is 1790. The number of para-hydroxylation sites is 1. The second-order valence-electron chi connectivity index (χ2n) is 8.23. The Morgan fingerprint density at radius 1 is 0.973 bits per heavy atom. The zero-order valence-corrected chi connectivity index (χ0v) is 21.6. The molecule has 0 aliphatic rings. The highest BCUT2D eigenvalue weighted by Gasteiger charge is 2.20. The zero-order valence-electron chi connectivity index (χ0n) is 19.2. The smallest absolute Gasteiger partial charge is 0.238 e. The van der Waals surface area contributed by atoms with E-state index in [2.05, 4.69) is 15.5 Å². The lowest BCUT2D eigenvalue weighted by molar-refractivity contribution is 0.430. The Kier molecular flexibility index (Phi) is 6.65. The zero-order chi connectivity index (χ0) is 26.2. The average Bonchev–Trinajstić information content (AvgIpc) is 3.14. The number of nitrogens with zero attached hydrogens (tertiary/aromatic N) is 3. The van der Waals surface area contributed by atoms with Crippen LogP contribution in [0.15, 0.2) is 100 Å². The number of thiocarbonyl (C=S) groups is 1. The molecule has 0 radical (unpaired) electrons. The number of hydrogen-bond donors (Lipinski definition) is 3. The first kappa shape index (κ1) is 24.8. The molecule has 0 atom stereocenters. The van der Waals surface area contributed by atoms with Crippen molar-refractivity contribution in [2.75, 3.05) is 5.32 Å². The number of aromatic hydroxyl groups is 1. The molecule has 0 spiro atoms. The molecule has 5 aromatic rings. The van der Waals surface area contributed by atoms with Gasteiger partial charge < -0.3 is 15.0 Å². The van der Waals surface area contributed by atoms with Crippen LogP contribution in [-0.2, 0) is 16.6 Å². The van der Waals surface area contributed by atoms with Crippen LogP contribution < -0.4 is 10.5 Å². The summed E-state index contributed by atoms with van der Waals surface area (Å²) in [5.74, 6) is -0.0971. The number of nitrogens with two attached hydrogens (primary N) is 1. The molecule has 0 saturated heterocycles. The molecule has 37 heavy (non-hydrogen) atoms. The lowest BCUT2D eigenvalue weighted by Gasteiger charge is -2.11. The summed E-state index contributed by atoms with van der Waals surface area (Å²) in [6.45, 7) is 0.363. The fraction of sp³-hybridized carbons (Fsp3) is 0.0385. The van der Waals surface area contributed by atoms with Crippen molar-refractivity contribution in [3.63, 3.8) is 0 Å². The summed E-state index contributed by atoms with van der Waals surface area (Å²) in [4.78, 5) is -0.0219. The molecule has 1 heterocycles. The van der Waals surface area contributed by atoms with E-state index in [4.69, 9.17) is 29.0 Å². The van der Waals surface area contributed by atoms with Gasteiger partial charge in [-0.25, -0.2) is 13.6 Å². The maximum Gasteiger partial charge on any atom is 0.238 e. The molecular formula is C26H20ClN5O3S2. The molecule has 0 saturated carbocycles. The summed E-state index contributed by atoms with van der Waals surface area (Å²) in [7, 11) is -3.80. The lowest BCUT2D eigenvalue weighted by Crippen LogP contribution is -2.12. The lowest BCUT2D eigenvalue weighted by atomic mass is 10.0. The monoisotopic (exact) mass is 549 g/mol. The van der Waals surface area contributed by atoms with Crippen LogP contribution in [0.4, 0.5) is 11.4 Å². The molecule has 0 amide bonds. The van der Waals surface area contributed by atoms with Gasteiger partial charge in [0.2, 0.25) is 21.0 Å². The van der Waals surface area contributed by atoms with Crippen LogP contribution in [0, 0.1) is 0 Å². The summed E-state index contributed by atoms with van der Waals surface area (Å²) in [5.41, 5.74) is 2.36. The van der Waals surface area contributed by atoms with Crippen LogP contribution in [-0.4, -0.2) is 23.2 Å². The number of azo groups is 1. The number of aromatic nitrogens is 1. The molecule has 0 unspecified atom stereocenters. The van der Waals surface area contributed by atoms with E-state index >= 15 is 0 Å². The Morgan fingerprint density at radius 2 is 1.65 bits per heavy atom. The second-order valence-corrected chi connectivity index (χ2v) is 10.6. The predicted octanol–water partition coefficient (Wildman–Crippen LogP) is 6.33. The molecule has 0 aliphatic carbocycles. The Hall–Kier alpha value is -3.83. The summed E-state index contributed by atoms with van der Waals surface area (Å²) < 4.78 is 24.6. The van der Waals surface area contributed by atoms with Crippen molar-refractivity contribution >= 4 is 72.0 Å². The van der Waals surface area contributed by atoms with Crippen LogP contribution in [0.1, 0.15) is 5.56 Å². The highest BCUT2D eigenvalue weighted by molar-refractivity contribution is 7.89. The molecular weight excluding hydrogens is 530 g/mol. The number of hydrogen-bond acceptors (Lipinski definition) is 5. The van der Waals surface area contributed by atoms with Crippen LogP contribution in [0.25, 0.3) is 21.7 Å². The van der Waals surface area contributed by atoms with E-state index in [9.17, 15) is 13.5 Å². The largest absolute Gasteiger partial charge is 0.493 e. The fourth-order valence-corrected chi connectivity index (χ4v) is 5.11. The summed E-state index contributed by atoms with van der Waals surface area (Å²) >= 11 is 11.8. The van der Waals surface area contributed by atoms with Crippen LogP contribution in [0.2, 0.25) is 5.02 Å². The highest BCUT2D eigenvalue weighted by Crippen LogP contribution is 2.42. The van der Waals surface area contributed by atoms with Crippen molar-refractivity contribution in [3.8, 4) is 5.88 Å². The van der Waals surface area contributed by atoms with Crippen LogP contribution in [0.3, 0.4) is 0 Å². The number of sulfonamides is 1. The van der Waals surface area contributed by atoms with Gasteiger partial charge in [0.25, 0.3) is 0 Å². The minimum atomic E-state index is -3.80. The van der Waals surface area contributed by atoms with Gasteiger partial charge in [0.15, 0.2) is 5.69 Å². The van der Waals surface area contributed by atoms with E-state index in [1.54, 1.807) is 22.8 Å². The highest BCUT2D eigenvalue weighted by atomic mass is 35.5. The molecule has 4 N–H and O–H groups in total. The van der Waals surface area contributed by atoms with Crippen molar-refractivity contribution in [3.05, 3.63) is 95.5 Å². The predicted molar refractivity (Wildman–Crippen MR) is 150 cm³/mol. The van der Waals surface area contributed by atoms with E-state index in [0.717, 1.165) is 16.3 Å². The maximum absolute atomic E-state index is 11.4. The van der Waals surface area contributed by atoms with E-state index in [-0.39, 0.29) is 21.6 Å². The van der Waals surface area contributed by atoms with Gasteiger partial charge in [-0.3, -0.25) is 0 Å². The number of benzene rings is 4.